The summed E-state index contributed by atoms with van der Waals surface area (Å²) in [5.74, 6) is 0. The summed E-state index contributed by atoms with van der Waals surface area (Å²) in [4.78, 5) is 31.5. The zero-order valence-corrected chi connectivity index (χ0v) is 15.5. The maximum absolute atomic E-state index is 12.5. The number of imidazole rings is 1. The van der Waals surface area contributed by atoms with Crippen LogP contribution in [0.2, 0.25) is 0 Å². The number of fused-ring (bicyclic) bond motifs is 1. The van der Waals surface area contributed by atoms with Gasteiger partial charge >= 0.3 is 11.2 Å². The number of rotatable bonds is 6. The van der Waals surface area contributed by atoms with Crippen molar-refractivity contribution in [1.82, 2.24) is 23.7 Å². The van der Waals surface area contributed by atoms with Gasteiger partial charge in [0.15, 0.2) is 11.2 Å². The Bertz CT molecular complexity index is 1060. The predicted molar refractivity (Wildman–Crippen MR) is 103 cm³/mol. The van der Waals surface area contributed by atoms with E-state index < -0.39 is 11.2 Å². The van der Waals surface area contributed by atoms with E-state index in [2.05, 4.69) is 9.88 Å². The molecule has 1 saturated heterocycles. The van der Waals surface area contributed by atoms with Crippen molar-refractivity contribution in [2.75, 3.05) is 32.8 Å². The standard InChI is InChI=1S/C19H23N5O4/c25-18-16-17(20-14-22(16)7-6-15-4-2-1-3-5-15)23(19(26)24(18)27)9-8-21-10-12-28-13-11-21/h1-5,14,27H,6-13H2. The first-order chi connectivity index (χ1) is 13.6. The van der Waals surface area contributed by atoms with E-state index in [4.69, 9.17) is 4.74 Å². The second kappa shape index (κ2) is 7.99. The van der Waals surface area contributed by atoms with Gasteiger partial charge in [-0.25, -0.2) is 9.78 Å². The van der Waals surface area contributed by atoms with Crippen molar-refractivity contribution in [2.24, 2.45) is 0 Å². The minimum absolute atomic E-state index is 0.183. The highest BCUT2D eigenvalue weighted by molar-refractivity contribution is 5.70. The molecule has 0 bridgehead atoms. The molecule has 3 aromatic rings. The van der Waals surface area contributed by atoms with E-state index >= 15 is 0 Å². The summed E-state index contributed by atoms with van der Waals surface area (Å²) in [6, 6.07) is 9.91. The first kappa shape index (κ1) is 18.5. The van der Waals surface area contributed by atoms with Crippen molar-refractivity contribution in [1.29, 1.82) is 0 Å². The smallest absolute Gasteiger partial charge is 0.366 e. The summed E-state index contributed by atoms with van der Waals surface area (Å²) in [5, 5.41) is 10.0. The normalized spacial score (nSPS) is 15.3. The highest BCUT2D eigenvalue weighted by Crippen LogP contribution is 2.09. The number of hydrogen-bond donors (Lipinski definition) is 1. The highest BCUT2D eigenvalue weighted by Gasteiger charge is 2.19. The van der Waals surface area contributed by atoms with Crippen molar-refractivity contribution >= 4 is 11.2 Å². The lowest BCUT2D eigenvalue weighted by Crippen LogP contribution is -2.43. The Morgan fingerprint density at radius 2 is 1.79 bits per heavy atom. The van der Waals surface area contributed by atoms with Crippen LogP contribution in [-0.2, 0) is 24.2 Å². The lowest BCUT2D eigenvalue weighted by Gasteiger charge is -2.26. The van der Waals surface area contributed by atoms with Crippen molar-refractivity contribution in [3.8, 4) is 0 Å². The zero-order valence-electron chi connectivity index (χ0n) is 15.5. The molecule has 0 atom stereocenters. The molecule has 0 aliphatic carbocycles. The Hall–Kier alpha value is -2.91. The fourth-order valence-electron chi connectivity index (χ4n) is 3.51. The van der Waals surface area contributed by atoms with Crippen LogP contribution in [0, 0.1) is 0 Å². The lowest BCUT2D eigenvalue weighted by molar-refractivity contribution is 0.0360. The molecule has 1 aliphatic heterocycles. The molecule has 9 nitrogen and oxygen atoms in total. The predicted octanol–water partition coefficient (Wildman–Crippen LogP) is 0.172. The van der Waals surface area contributed by atoms with Gasteiger partial charge in [-0.3, -0.25) is 14.3 Å². The molecule has 28 heavy (non-hydrogen) atoms. The molecule has 4 rings (SSSR count). The molecule has 9 heteroatoms. The summed E-state index contributed by atoms with van der Waals surface area (Å²) < 4.78 is 8.58. The molecule has 0 spiro atoms. The average Bonchev–Trinajstić information content (AvgIpc) is 3.16. The number of benzene rings is 1. The molecule has 0 unspecified atom stereocenters. The van der Waals surface area contributed by atoms with E-state index in [1.807, 2.05) is 30.3 Å². The number of nitrogens with zero attached hydrogens (tertiary/aromatic N) is 5. The molecular weight excluding hydrogens is 362 g/mol. The van der Waals surface area contributed by atoms with E-state index in [1.54, 1.807) is 10.9 Å². The minimum Gasteiger partial charge on any atom is -0.421 e. The quantitative estimate of drug-likeness (QED) is 0.608. The molecule has 148 valence electrons. The van der Waals surface area contributed by atoms with Crippen molar-refractivity contribution < 1.29 is 9.94 Å². The first-order valence-electron chi connectivity index (χ1n) is 9.39. The minimum atomic E-state index is -0.765. The van der Waals surface area contributed by atoms with Gasteiger partial charge in [-0.05, 0) is 12.0 Å². The number of hydrogen-bond acceptors (Lipinski definition) is 6. The molecule has 1 fully saturated rings. The van der Waals surface area contributed by atoms with Crippen molar-refractivity contribution in [3.05, 3.63) is 63.1 Å². The van der Waals surface area contributed by atoms with Crippen LogP contribution >= 0.6 is 0 Å². The van der Waals surface area contributed by atoms with E-state index in [1.165, 1.54) is 4.57 Å². The van der Waals surface area contributed by atoms with Gasteiger partial charge in [0.05, 0.1) is 19.5 Å². The summed E-state index contributed by atoms with van der Waals surface area (Å²) >= 11 is 0. The van der Waals surface area contributed by atoms with Gasteiger partial charge in [-0.15, -0.1) is 0 Å². The van der Waals surface area contributed by atoms with E-state index in [0.717, 1.165) is 18.7 Å². The molecule has 0 saturated carbocycles. The van der Waals surface area contributed by atoms with E-state index in [9.17, 15) is 14.8 Å². The van der Waals surface area contributed by atoms with Crippen LogP contribution in [0.15, 0.2) is 46.2 Å². The van der Waals surface area contributed by atoms with Gasteiger partial charge in [0.1, 0.15) is 0 Å². The summed E-state index contributed by atoms with van der Waals surface area (Å²) in [6.45, 7) is 4.40. The second-order valence-corrected chi connectivity index (χ2v) is 6.85. The van der Waals surface area contributed by atoms with Crippen LogP contribution in [0.3, 0.4) is 0 Å². The Morgan fingerprint density at radius 3 is 2.54 bits per heavy atom. The van der Waals surface area contributed by atoms with Crippen LogP contribution < -0.4 is 11.2 Å². The molecule has 3 heterocycles. The van der Waals surface area contributed by atoms with Gasteiger partial charge in [0, 0.05) is 32.7 Å². The third-order valence-electron chi connectivity index (χ3n) is 5.11. The van der Waals surface area contributed by atoms with Crippen LogP contribution in [0.25, 0.3) is 11.2 Å². The van der Waals surface area contributed by atoms with E-state index in [0.29, 0.717) is 44.9 Å². The van der Waals surface area contributed by atoms with E-state index in [-0.39, 0.29) is 10.2 Å². The van der Waals surface area contributed by atoms with Crippen molar-refractivity contribution in [2.45, 2.75) is 19.5 Å². The Balaban J connectivity index is 1.63. The SMILES string of the molecule is O=c1c2c(ncn2CCc2ccccc2)n(CCN2CCOCC2)c(=O)n1O. The molecule has 1 aliphatic rings. The lowest BCUT2D eigenvalue weighted by atomic mass is 10.1. The number of morpholine rings is 1. The number of ether oxygens (including phenoxy) is 1. The number of aryl methyl sites for hydroxylation is 2. The van der Waals surface area contributed by atoms with Gasteiger partial charge in [-0.2, -0.15) is 0 Å². The Morgan fingerprint density at radius 1 is 1.04 bits per heavy atom. The summed E-state index contributed by atoms with van der Waals surface area (Å²) in [6.07, 6.45) is 2.27. The summed E-state index contributed by atoms with van der Waals surface area (Å²) in [7, 11) is 0. The third-order valence-corrected chi connectivity index (χ3v) is 5.11. The average molecular weight is 385 g/mol. The maximum Gasteiger partial charge on any atom is 0.366 e. The molecule has 1 aromatic carbocycles. The van der Waals surface area contributed by atoms with Crippen LogP contribution in [0.1, 0.15) is 5.56 Å². The molecular formula is C19H23N5O4. The summed E-state index contributed by atoms with van der Waals surface area (Å²) in [5.41, 5.74) is 0.170. The largest absolute Gasteiger partial charge is 0.421 e. The first-order valence-corrected chi connectivity index (χ1v) is 9.39. The third kappa shape index (κ3) is 3.58. The zero-order chi connectivity index (χ0) is 19.5. The fourth-order valence-corrected chi connectivity index (χ4v) is 3.51. The van der Waals surface area contributed by atoms with Gasteiger partial charge in [0.2, 0.25) is 0 Å². The van der Waals surface area contributed by atoms with Crippen LogP contribution in [0.5, 0.6) is 0 Å². The Kier molecular flexibility index (Phi) is 5.27. The highest BCUT2D eigenvalue weighted by atomic mass is 16.5. The number of aromatic nitrogens is 4. The monoisotopic (exact) mass is 385 g/mol. The molecule has 0 amide bonds. The molecule has 2 aromatic heterocycles. The van der Waals surface area contributed by atoms with Crippen LogP contribution in [0.4, 0.5) is 0 Å². The van der Waals surface area contributed by atoms with Gasteiger partial charge in [0.25, 0.3) is 0 Å². The maximum atomic E-state index is 12.5. The fraction of sp³-hybridized carbons (Fsp3) is 0.421. The molecule has 0 radical (unpaired) electrons. The van der Waals surface area contributed by atoms with Crippen LogP contribution in [-0.4, -0.2) is 61.8 Å². The van der Waals surface area contributed by atoms with Crippen molar-refractivity contribution in [3.63, 3.8) is 0 Å². The Labute approximate surface area is 161 Å². The van der Waals surface area contributed by atoms with Gasteiger partial charge in [-0.1, -0.05) is 35.1 Å². The molecule has 1 N–H and O–H groups in total. The van der Waals surface area contributed by atoms with Gasteiger partial charge < -0.3 is 14.5 Å². The second-order valence-electron chi connectivity index (χ2n) is 6.85. The topological polar surface area (TPSA) is 94.5 Å².